The van der Waals surface area contributed by atoms with Crippen molar-refractivity contribution in [2.24, 2.45) is 0 Å². The maximum atomic E-state index is 13.0. The van der Waals surface area contributed by atoms with Crippen molar-refractivity contribution in [2.75, 3.05) is 25.9 Å². The zero-order chi connectivity index (χ0) is 24.2. The third-order valence-corrected chi connectivity index (χ3v) is 6.84. The summed E-state index contributed by atoms with van der Waals surface area (Å²) in [4.78, 5) is 26.0. The second-order valence-corrected chi connectivity index (χ2v) is 9.23. The van der Waals surface area contributed by atoms with Crippen molar-refractivity contribution in [2.45, 2.75) is 25.5 Å². The highest BCUT2D eigenvalue weighted by molar-refractivity contribution is 7.20. The minimum atomic E-state index is -0.252. The Morgan fingerprint density at radius 2 is 2.00 bits per heavy atom. The lowest BCUT2D eigenvalue weighted by molar-refractivity contribution is 0.0950. The van der Waals surface area contributed by atoms with Gasteiger partial charge >= 0.3 is 0 Å². The molecule has 0 unspecified atom stereocenters. The van der Waals surface area contributed by atoms with Gasteiger partial charge in [-0.25, -0.2) is 15.0 Å². The minimum absolute atomic E-state index is 0.0784. The van der Waals surface area contributed by atoms with E-state index in [9.17, 15) is 4.79 Å². The van der Waals surface area contributed by atoms with Gasteiger partial charge < -0.3 is 25.8 Å². The van der Waals surface area contributed by atoms with Crippen molar-refractivity contribution in [3.05, 3.63) is 59.2 Å². The molecule has 1 aliphatic heterocycles. The van der Waals surface area contributed by atoms with Gasteiger partial charge in [0.05, 0.1) is 17.5 Å². The monoisotopic (exact) mass is 490 g/mol. The second kappa shape index (κ2) is 10.2. The number of thiazole rings is 1. The molecular formula is C25H26N6O3S. The van der Waals surface area contributed by atoms with Crippen LogP contribution in [0.3, 0.4) is 0 Å². The molecule has 10 heteroatoms. The van der Waals surface area contributed by atoms with E-state index in [2.05, 4.69) is 25.6 Å². The number of fused-ring (bicyclic) bond motifs is 1. The molecule has 9 nitrogen and oxygen atoms in total. The van der Waals surface area contributed by atoms with Crippen LogP contribution in [0.1, 0.15) is 28.2 Å². The Kier molecular flexibility index (Phi) is 6.73. The molecule has 0 radical (unpaired) electrons. The zero-order valence-electron chi connectivity index (χ0n) is 19.3. The van der Waals surface area contributed by atoms with Gasteiger partial charge in [0.25, 0.3) is 5.91 Å². The highest BCUT2D eigenvalue weighted by Crippen LogP contribution is 2.36. The SMILES string of the molecule is COc1ccccc1CNC(=O)c1nc2c(OC3CCNCC3)cc(-c3ccnc(N)n3)cc2s1. The molecule has 3 heterocycles. The number of methoxy groups -OCH3 is 1. The number of hydrogen-bond donors (Lipinski definition) is 3. The van der Waals surface area contributed by atoms with Crippen molar-refractivity contribution < 1.29 is 14.3 Å². The minimum Gasteiger partial charge on any atom is -0.496 e. The van der Waals surface area contributed by atoms with Gasteiger partial charge in [0.2, 0.25) is 5.95 Å². The number of piperidine rings is 1. The molecule has 35 heavy (non-hydrogen) atoms. The van der Waals surface area contributed by atoms with Gasteiger partial charge in [0.1, 0.15) is 23.1 Å². The highest BCUT2D eigenvalue weighted by atomic mass is 32.1. The first kappa shape index (κ1) is 23.0. The number of anilines is 1. The largest absolute Gasteiger partial charge is 0.496 e. The number of rotatable bonds is 7. The number of hydrogen-bond acceptors (Lipinski definition) is 9. The predicted octanol–water partition coefficient (Wildman–Crippen LogP) is 3.40. The number of carbonyl (C=O) groups excluding carboxylic acids is 1. The van der Waals surface area contributed by atoms with Crippen molar-refractivity contribution >= 4 is 33.4 Å². The summed E-state index contributed by atoms with van der Waals surface area (Å²) >= 11 is 1.32. The standard InChI is InChI=1S/C25H26N6O3S/c1-33-19-5-3-2-4-15(19)14-29-23(32)24-31-22-20(34-17-6-9-27-10-7-17)12-16(13-21(22)35-24)18-8-11-28-25(26)30-18/h2-5,8,11-13,17,27H,6-7,9-10,14H2,1H3,(H,29,32)(H2,26,28,30). The van der Waals surface area contributed by atoms with Crippen LogP contribution >= 0.6 is 11.3 Å². The number of nitrogens with two attached hydrogens (primary N) is 1. The third-order valence-electron chi connectivity index (χ3n) is 5.84. The fourth-order valence-electron chi connectivity index (χ4n) is 4.06. The molecule has 1 amide bonds. The summed E-state index contributed by atoms with van der Waals surface area (Å²) < 4.78 is 12.6. The molecule has 4 N–H and O–H groups in total. The average Bonchev–Trinajstić information content (AvgIpc) is 3.33. The summed E-state index contributed by atoms with van der Waals surface area (Å²) in [6.45, 7) is 2.15. The van der Waals surface area contributed by atoms with Crippen molar-refractivity contribution in [3.63, 3.8) is 0 Å². The molecule has 0 aliphatic carbocycles. The fourth-order valence-corrected chi connectivity index (χ4v) is 5.00. The summed E-state index contributed by atoms with van der Waals surface area (Å²) in [6.07, 6.45) is 3.51. The van der Waals surface area contributed by atoms with E-state index in [-0.39, 0.29) is 18.0 Å². The number of para-hydroxylation sites is 1. The highest BCUT2D eigenvalue weighted by Gasteiger charge is 2.21. The Morgan fingerprint density at radius 1 is 1.17 bits per heavy atom. The van der Waals surface area contributed by atoms with E-state index in [1.165, 1.54) is 11.3 Å². The van der Waals surface area contributed by atoms with Crippen molar-refractivity contribution in [1.29, 1.82) is 0 Å². The van der Waals surface area contributed by atoms with Gasteiger partial charge in [-0.3, -0.25) is 4.79 Å². The van der Waals surface area contributed by atoms with E-state index in [0.717, 1.165) is 47.5 Å². The van der Waals surface area contributed by atoms with Crippen molar-refractivity contribution in [1.82, 2.24) is 25.6 Å². The number of aromatic nitrogens is 3. The topological polar surface area (TPSA) is 124 Å². The molecule has 0 saturated carbocycles. The van der Waals surface area contributed by atoms with Gasteiger partial charge in [-0.1, -0.05) is 18.2 Å². The first-order valence-corrected chi connectivity index (χ1v) is 12.2. The van der Waals surface area contributed by atoms with Crippen LogP contribution in [0.5, 0.6) is 11.5 Å². The number of nitrogens with one attached hydrogen (secondary N) is 2. The Hall–Kier alpha value is -3.76. The smallest absolute Gasteiger partial charge is 0.280 e. The second-order valence-electron chi connectivity index (χ2n) is 8.20. The summed E-state index contributed by atoms with van der Waals surface area (Å²) in [5.41, 5.74) is 8.89. The van der Waals surface area contributed by atoms with E-state index in [1.807, 2.05) is 36.4 Å². The maximum Gasteiger partial charge on any atom is 0.280 e. The van der Waals surface area contributed by atoms with Gasteiger partial charge in [0, 0.05) is 23.9 Å². The van der Waals surface area contributed by atoms with E-state index in [0.29, 0.717) is 28.5 Å². The normalized spacial score (nSPS) is 14.1. The van der Waals surface area contributed by atoms with Crippen LogP contribution < -0.4 is 25.8 Å². The van der Waals surface area contributed by atoms with E-state index in [1.54, 1.807) is 19.4 Å². The zero-order valence-corrected chi connectivity index (χ0v) is 20.1. The molecule has 1 fully saturated rings. The molecular weight excluding hydrogens is 464 g/mol. The molecule has 0 bridgehead atoms. The number of carbonyl (C=O) groups is 1. The summed E-state index contributed by atoms with van der Waals surface area (Å²) in [5.74, 6) is 1.31. The lowest BCUT2D eigenvalue weighted by Crippen LogP contribution is -2.34. The fraction of sp³-hybridized carbons (Fsp3) is 0.280. The van der Waals surface area contributed by atoms with E-state index < -0.39 is 0 Å². The molecule has 5 rings (SSSR count). The van der Waals surface area contributed by atoms with Crippen LogP contribution in [0, 0.1) is 0 Å². The quantitative estimate of drug-likeness (QED) is 0.360. The Bertz CT molecular complexity index is 1350. The third kappa shape index (κ3) is 5.18. The van der Waals surface area contributed by atoms with Gasteiger partial charge in [-0.15, -0.1) is 11.3 Å². The molecule has 180 valence electrons. The average molecular weight is 491 g/mol. The van der Waals surface area contributed by atoms with Crippen LogP contribution in [-0.4, -0.2) is 47.2 Å². The maximum absolute atomic E-state index is 13.0. The lowest BCUT2D eigenvalue weighted by atomic mass is 10.1. The van der Waals surface area contributed by atoms with E-state index >= 15 is 0 Å². The van der Waals surface area contributed by atoms with Crippen LogP contribution in [-0.2, 0) is 6.54 Å². The Morgan fingerprint density at radius 3 is 2.80 bits per heavy atom. The first-order chi connectivity index (χ1) is 17.1. The Labute approximate surface area is 206 Å². The molecule has 2 aromatic heterocycles. The predicted molar refractivity (Wildman–Crippen MR) is 136 cm³/mol. The Balaban J connectivity index is 1.46. The van der Waals surface area contributed by atoms with E-state index in [4.69, 9.17) is 15.2 Å². The number of ether oxygens (including phenoxy) is 2. The van der Waals surface area contributed by atoms with Gasteiger partial charge in [-0.05, 0) is 50.2 Å². The number of amides is 1. The molecule has 0 atom stereocenters. The molecule has 1 aliphatic rings. The summed E-state index contributed by atoms with van der Waals surface area (Å²) in [7, 11) is 1.61. The molecule has 2 aromatic carbocycles. The van der Waals surface area contributed by atoms with Crippen LogP contribution in [0.4, 0.5) is 5.95 Å². The number of nitrogen functional groups attached to an aromatic ring is 1. The lowest BCUT2D eigenvalue weighted by Gasteiger charge is -2.24. The first-order valence-electron chi connectivity index (χ1n) is 11.4. The van der Waals surface area contributed by atoms with Crippen LogP contribution in [0.15, 0.2) is 48.7 Å². The van der Waals surface area contributed by atoms with Gasteiger partial charge in [0.15, 0.2) is 5.01 Å². The van der Waals surface area contributed by atoms with Crippen LogP contribution in [0.25, 0.3) is 21.5 Å². The molecule has 4 aromatic rings. The van der Waals surface area contributed by atoms with Gasteiger partial charge in [-0.2, -0.15) is 0 Å². The molecule has 1 saturated heterocycles. The summed E-state index contributed by atoms with van der Waals surface area (Å²) in [6, 6.07) is 13.3. The summed E-state index contributed by atoms with van der Waals surface area (Å²) in [5, 5.41) is 6.66. The number of benzene rings is 2. The van der Waals surface area contributed by atoms with Crippen molar-refractivity contribution in [3.8, 4) is 22.8 Å². The molecule has 0 spiro atoms. The van der Waals surface area contributed by atoms with Crippen LogP contribution in [0.2, 0.25) is 0 Å². The number of nitrogens with zero attached hydrogens (tertiary/aromatic N) is 3.